The molecule has 4 heteroatoms. The Morgan fingerprint density at radius 2 is 2.26 bits per heavy atom. The molecule has 1 fully saturated rings. The van der Waals surface area contributed by atoms with Crippen LogP contribution in [0, 0.1) is 12.8 Å². The lowest BCUT2D eigenvalue weighted by Crippen LogP contribution is -2.42. The van der Waals surface area contributed by atoms with Crippen molar-refractivity contribution in [3.63, 3.8) is 0 Å². The van der Waals surface area contributed by atoms with E-state index in [1.54, 1.807) is 0 Å². The maximum absolute atomic E-state index is 12.3. The largest absolute Gasteiger partial charge is 0.329 e. The summed E-state index contributed by atoms with van der Waals surface area (Å²) in [6.45, 7) is 5.44. The summed E-state index contributed by atoms with van der Waals surface area (Å²) in [5, 5.41) is 3.05. The highest BCUT2D eigenvalue weighted by Crippen LogP contribution is 2.20. The number of aryl methyl sites for hydroxylation is 1. The van der Waals surface area contributed by atoms with Crippen LogP contribution in [0.5, 0.6) is 0 Å². The average molecular weight is 261 g/mol. The van der Waals surface area contributed by atoms with E-state index in [0.29, 0.717) is 6.54 Å². The highest BCUT2D eigenvalue weighted by atomic mass is 16.1. The number of carbonyl (C=O) groups is 1. The summed E-state index contributed by atoms with van der Waals surface area (Å²) in [6.07, 6.45) is 2.05. The number of amides is 1. The Morgan fingerprint density at radius 3 is 3.00 bits per heavy atom. The minimum absolute atomic E-state index is 0.0832. The summed E-state index contributed by atoms with van der Waals surface area (Å²) in [7, 11) is 0. The van der Waals surface area contributed by atoms with Crippen LogP contribution in [0.15, 0.2) is 24.3 Å². The van der Waals surface area contributed by atoms with Gasteiger partial charge in [-0.15, -0.1) is 0 Å². The summed E-state index contributed by atoms with van der Waals surface area (Å²) < 4.78 is 0. The first-order valence-electron chi connectivity index (χ1n) is 6.99. The zero-order valence-electron chi connectivity index (χ0n) is 11.6. The normalized spacial score (nSPS) is 20.2. The van der Waals surface area contributed by atoms with Crippen molar-refractivity contribution in [1.29, 1.82) is 0 Å². The van der Waals surface area contributed by atoms with Crippen LogP contribution in [0.3, 0.4) is 0 Å². The van der Waals surface area contributed by atoms with Crippen LogP contribution >= 0.6 is 0 Å². The summed E-state index contributed by atoms with van der Waals surface area (Å²) in [5.41, 5.74) is 7.60. The molecule has 0 saturated carbocycles. The predicted molar refractivity (Wildman–Crippen MR) is 78.0 cm³/mol. The van der Waals surface area contributed by atoms with Crippen LogP contribution < -0.4 is 11.1 Å². The number of hydrogen-bond acceptors (Lipinski definition) is 3. The third-order valence-electron chi connectivity index (χ3n) is 3.72. The first-order chi connectivity index (χ1) is 9.20. The number of nitrogens with two attached hydrogens (primary N) is 1. The molecular formula is C15H23N3O. The van der Waals surface area contributed by atoms with Gasteiger partial charge in [0.15, 0.2) is 0 Å². The van der Waals surface area contributed by atoms with Crippen LogP contribution in [0.1, 0.15) is 18.4 Å². The van der Waals surface area contributed by atoms with E-state index < -0.39 is 0 Å². The van der Waals surface area contributed by atoms with Crippen LogP contribution in [0.25, 0.3) is 0 Å². The molecule has 1 aromatic carbocycles. The first kappa shape index (κ1) is 14.0. The summed E-state index contributed by atoms with van der Waals surface area (Å²) >= 11 is 0. The Balaban J connectivity index is 1.94. The van der Waals surface area contributed by atoms with E-state index in [0.717, 1.165) is 43.7 Å². The van der Waals surface area contributed by atoms with E-state index in [9.17, 15) is 4.79 Å². The SMILES string of the molecule is Cc1ccccc1NC(=O)C1CCCN(CCN)C1. The minimum Gasteiger partial charge on any atom is -0.329 e. The van der Waals surface area contributed by atoms with E-state index in [2.05, 4.69) is 10.2 Å². The lowest BCUT2D eigenvalue weighted by molar-refractivity contribution is -0.121. The van der Waals surface area contributed by atoms with Crippen LogP contribution in [-0.4, -0.2) is 37.0 Å². The number of likely N-dealkylation sites (tertiary alicyclic amines) is 1. The molecular weight excluding hydrogens is 238 g/mol. The van der Waals surface area contributed by atoms with Crippen molar-refractivity contribution in [3.05, 3.63) is 29.8 Å². The highest BCUT2D eigenvalue weighted by Gasteiger charge is 2.25. The molecule has 1 saturated heterocycles. The number of rotatable bonds is 4. The van der Waals surface area contributed by atoms with Crippen molar-refractivity contribution in [2.75, 3.05) is 31.5 Å². The highest BCUT2D eigenvalue weighted by molar-refractivity contribution is 5.93. The Hall–Kier alpha value is -1.39. The molecule has 0 bridgehead atoms. The molecule has 0 radical (unpaired) electrons. The number of piperidine rings is 1. The number of nitrogens with one attached hydrogen (secondary N) is 1. The van der Waals surface area contributed by atoms with Crippen LogP contribution in [0.2, 0.25) is 0 Å². The van der Waals surface area contributed by atoms with Crippen molar-refractivity contribution in [2.24, 2.45) is 11.7 Å². The monoisotopic (exact) mass is 261 g/mol. The Bertz CT molecular complexity index is 431. The third kappa shape index (κ3) is 3.78. The maximum atomic E-state index is 12.3. The second-order valence-corrected chi connectivity index (χ2v) is 5.23. The molecule has 1 heterocycles. The van der Waals surface area contributed by atoms with E-state index in [1.807, 2.05) is 31.2 Å². The van der Waals surface area contributed by atoms with E-state index in [-0.39, 0.29) is 11.8 Å². The van der Waals surface area contributed by atoms with Gasteiger partial charge in [0.05, 0.1) is 5.92 Å². The van der Waals surface area contributed by atoms with E-state index in [4.69, 9.17) is 5.73 Å². The predicted octanol–water partition coefficient (Wildman–Crippen LogP) is 1.60. The van der Waals surface area contributed by atoms with E-state index >= 15 is 0 Å². The molecule has 0 aliphatic carbocycles. The number of para-hydroxylation sites is 1. The molecule has 3 N–H and O–H groups in total. The number of nitrogens with zero attached hydrogens (tertiary/aromatic N) is 1. The lowest BCUT2D eigenvalue weighted by atomic mass is 9.97. The summed E-state index contributed by atoms with van der Waals surface area (Å²) in [4.78, 5) is 14.6. The molecule has 1 aromatic rings. The molecule has 1 aliphatic heterocycles. The van der Waals surface area contributed by atoms with Gasteiger partial charge in [0.2, 0.25) is 5.91 Å². The number of benzene rings is 1. The Kier molecular flexibility index (Phi) is 4.93. The lowest BCUT2D eigenvalue weighted by Gasteiger charge is -2.31. The minimum atomic E-state index is 0.0832. The first-order valence-corrected chi connectivity index (χ1v) is 6.99. The molecule has 104 valence electrons. The van der Waals surface area contributed by atoms with E-state index in [1.165, 1.54) is 0 Å². The topological polar surface area (TPSA) is 58.4 Å². The summed E-state index contributed by atoms with van der Waals surface area (Å²) in [5.74, 6) is 0.218. The zero-order chi connectivity index (χ0) is 13.7. The van der Waals surface area contributed by atoms with Gasteiger partial charge in [0.1, 0.15) is 0 Å². The quantitative estimate of drug-likeness (QED) is 0.865. The van der Waals surface area contributed by atoms with Crippen molar-refractivity contribution in [3.8, 4) is 0 Å². The molecule has 1 amide bonds. The molecule has 1 unspecified atom stereocenters. The van der Waals surface area contributed by atoms with Gasteiger partial charge in [-0.1, -0.05) is 18.2 Å². The standard InChI is InChI=1S/C15H23N3O/c1-12-5-2-3-7-14(12)17-15(19)13-6-4-9-18(11-13)10-8-16/h2-3,5,7,13H,4,6,8-11,16H2,1H3,(H,17,19). The number of hydrogen-bond donors (Lipinski definition) is 2. The second kappa shape index (κ2) is 6.68. The smallest absolute Gasteiger partial charge is 0.228 e. The Morgan fingerprint density at radius 1 is 1.47 bits per heavy atom. The molecule has 0 aromatic heterocycles. The van der Waals surface area contributed by atoms with Gasteiger partial charge < -0.3 is 16.0 Å². The molecule has 1 aliphatic rings. The molecule has 2 rings (SSSR count). The van der Waals surface area contributed by atoms with Gasteiger partial charge in [-0.05, 0) is 37.9 Å². The second-order valence-electron chi connectivity index (χ2n) is 5.23. The van der Waals surface area contributed by atoms with Crippen LogP contribution in [-0.2, 0) is 4.79 Å². The fraction of sp³-hybridized carbons (Fsp3) is 0.533. The van der Waals surface area contributed by atoms with Crippen molar-refractivity contribution >= 4 is 11.6 Å². The van der Waals surface area contributed by atoms with Gasteiger partial charge in [0, 0.05) is 25.3 Å². The zero-order valence-corrected chi connectivity index (χ0v) is 11.6. The van der Waals surface area contributed by atoms with Gasteiger partial charge in [-0.3, -0.25) is 4.79 Å². The molecule has 19 heavy (non-hydrogen) atoms. The molecule has 0 spiro atoms. The fourth-order valence-electron chi connectivity index (χ4n) is 2.60. The Labute approximate surface area is 115 Å². The summed E-state index contributed by atoms with van der Waals surface area (Å²) in [6, 6.07) is 7.89. The maximum Gasteiger partial charge on any atom is 0.228 e. The van der Waals surface area contributed by atoms with Crippen molar-refractivity contribution < 1.29 is 4.79 Å². The van der Waals surface area contributed by atoms with Gasteiger partial charge in [0.25, 0.3) is 0 Å². The third-order valence-corrected chi connectivity index (χ3v) is 3.72. The van der Waals surface area contributed by atoms with Crippen molar-refractivity contribution in [2.45, 2.75) is 19.8 Å². The molecule has 4 nitrogen and oxygen atoms in total. The fourth-order valence-corrected chi connectivity index (χ4v) is 2.60. The number of carbonyl (C=O) groups excluding carboxylic acids is 1. The van der Waals surface area contributed by atoms with Gasteiger partial charge >= 0.3 is 0 Å². The van der Waals surface area contributed by atoms with Gasteiger partial charge in [-0.25, -0.2) is 0 Å². The van der Waals surface area contributed by atoms with Gasteiger partial charge in [-0.2, -0.15) is 0 Å². The van der Waals surface area contributed by atoms with Crippen molar-refractivity contribution in [1.82, 2.24) is 4.90 Å². The number of anilines is 1. The molecule has 1 atom stereocenters. The van der Waals surface area contributed by atoms with Crippen LogP contribution in [0.4, 0.5) is 5.69 Å². The average Bonchev–Trinajstić information content (AvgIpc) is 2.42.